The minimum absolute atomic E-state index is 0.150. The minimum atomic E-state index is -0.283. The van der Waals surface area contributed by atoms with Gasteiger partial charge in [0.1, 0.15) is 6.10 Å². The average Bonchev–Trinajstić information content (AvgIpc) is 3.18. The molecule has 20 heavy (non-hydrogen) atoms. The van der Waals surface area contributed by atoms with Gasteiger partial charge in [0.25, 0.3) is 0 Å². The van der Waals surface area contributed by atoms with Crippen LogP contribution in [0.5, 0.6) is 0 Å². The first-order chi connectivity index (χ1) is 9.83. The molecule has 2 aliphatic heterocycles. The second-order valence-electron chi connectivity index (χ2n) is 5.16. The lowest BCUT2D eigenvalue weighted by Gasteiger charge is -2.31. The highest BCUT2D eigenvalue weighted by molar-refractivity contribution is 5.76. The van der Waals surface area contributed by atoms with Crippen molar-refractivity contribution in [2.75, 3.05) is 26.3 Å². The second-order valence-corrected chi connectivity index (χ2v) is 5.16. The Balaban J connectivity index is 1.49. The maximum atomic E-state index is 12.2. The van der Waals surface area contributed by atoms with Crippen molar-refractivity contribution >= 4 is 5.91 Å². The summed E-state index contributed by atoms with van der Waals surface area (Å²) in [6.07, 6.45) is 4.77. The van der Waals surface area contributed by atoms with Crippen LogP contribution in [0.15, 0.2) is 10.9 Å². The molecule has 2 unspecified atom stereocenters. The van der Waals surface area contributed by atoms with Crippen LogP contribution >= 0.6 is 0 Å². The lowest BCUT2D eigenvalue weighted by molar-refractivity contribution is -0.140. The summed E-state index contributed by atoms with van der Waals surface area (Å²) in [7, 11) is 0. The Hall–Kier alpha value is -1.47. The number of morpholine rings is 1. The molecule has 7 nitrogen and oxygen atoms in total. The molecule has 2 saturated heterocycles. The van der Waals surface area contributed by atoms with Gasteiger partial charge >= 0.3 is 0 Å². The third-order valence-corrected chi connectivity index (χ3v) is 3.79. The van der Waals surface area contributed by atoms with Crippen molar-refractivity contribution in [3.05, 3.63) is 12.2 Å². The van der Waals surface area contributed by atoms with Crippen LogP contribution in [-0.4, -0.2) is 53.4 Å². The van der Waals surface area contributed by atoms with Crippen molar-refractivity contribution in [3.63, 3.8) is 0 Å². The van der Waals surface area contributed by atoms with Gasteiger partial charge in [0.2, 0.25) is 18.1 Å². The summed E-state index contributed by atoms with van der Waals surface area (Å²) in [6, 6.07) is 0. The SMILES string of the molecule is O=C(CCC1CCCO1)N1CCOC(c2ncon2)C1. The average molecular weight is 281 g/mol. The van der Waals surface area contributed by atoms with E-state index in [9.17, 15) is 4.79 Å². The Morgan fingerprint density at radius 1 is 1.40 bits per heavy atom. The zero-order valence-electron chi connectivity index (χ0n) is 11.4. The number of hydrogen-bond acceptors (Lipinski definition) is 6. The van der Waals surface area contributed by atoms with E-state index in [1.807, 2.05) is 4.90 Å². The fraction of sp³-hybridized carbons (Fsp3) is 0.769. The van der Waals surface area contributed by atoms with Crippen LogP contribution < -0.4 is 0 Å². The van der Waals surface area contributed by atoms with Gasteiger partial charge in [-0.3, -0.25) is 4.79 Å². The van der Waals surface area contributed by atoms with Gasteiger partial charge in [0.15, 0.2) is 0 Å². The number of hydrogen-bond donors (Lipinski definition) is 0. The molecule has 0 aromatic carbocycles. The molecule has 7 heteroatoms. The van der Waals surface area contributed by atoms with Crippen LogP contribution in [0.3, 0.4) is 0 Å². The third kappa shape index (κ3) is 3.16. The van der Waals surface area contributed by atoms with Gasteiger partial charge in [-0.25, -0.2) is 0 Å². The van der Waals surface area contributed by atoms with Crippen molar-refractivity contribution in [2.45, 2.75) is 37.9 Å². The van der Waals surface area contributed by atoms with Crippen molar-refractivity contribution in [3.8, 4) is 0 Å². The van der Waals surface area contributed by atoms with E-state index < -0.39 is 0 Å². The Morgan fingerprint density at radius 3 is 3.10 bits per heavy atom. The highest BCUT2D eigenvalue weighted by atomic mass is 16.5. The molecule has 2 atom stereocenters. The highest BCUT2D eigenvalue weighted by Crippen LogP contribution is 2.21. The van der Waals surface area contributed by atoms with Crippen LogP contribution in [0.25, 0.3) is 0 Å². The van der Waals surface area contributed by atoms with Crippen LogP contribution in [0.4, 0.5) is 0 Å². The van der Waals surface area contributed by atoms with Gasteiger partial charge in [0.05, 0.1) is 19.3 Å². The normalized spacial score (nSPS) is 26.9. The summed E-state index contributed by atoms with van der Waals surface area (Å²) in [6.45, 7) is 2.45. The molecule has 0 N–H and O–H groups in total. The molecule has 0 saturated carbocycles. The number of amides is 1. The molecule has 3 heterocycles. The molecule has 1 aromatic rings. The smallest absolute Gasteiger partial charge is 0.222 e. The van der Waals surface area contributed by atoms with E-state index >= 15 is 0 Å². The van der Waals surface area contributed by atoms with E-state index in [0.29, 0.717) is 31.9 Å². The van der Waals surface area contributed by atoms with E-state index in [1.165, 1.54) is 6.39 Å². The van der Waals surface area contributed by atoms with E-state index in [4.69, 9.17) is 14.0 Å². The molecule has 0 radical (unpaired) electrons. The van der Waals surface area contributed by atoms with E-state index in [0.717, 1.165) is 25.9 Å². The zero-order valence-corrected chi connectivity index (χ0v) is 11.4. The standard InChI is InChI=1S/C13H19N3O4/c17-12(4-3-10-2-1-6-18-10)16-5-7-19-11(8-16)13-14-9-20-15-13/h9-11H,1-8H2. The molecule has 2 aliphatic rings. The van der Waals surface area contributed by atoms with Crippen LogP contribution in [0.1, 0.15) is 37.6 Å². The van der Waals surface area contributed by atoms with E-state index in [1.54, 1.807) is 0 Å². The van der Waals surface area contributed by atoms with Crippen LogP contribution in [0, 0.1) is 0 Å². The van der Waals surface area contributed by atoms with Gasteiger partial charge in [-0.2, -0.15) is 4.98 Å². The Kier molecular flexibility index (Phi) is 4.27. The number of rotatable bonds is 4. The first kappa shape index (κ1) is 13.5. The highest BCUT2D eigenvalue weighted by Gasteiger charge is 2.28. The number of ether oxygens (including phenoxy) is 2. The van der Waals surface area contributed by atoms with Crippen molar-refractivity contribution in [1.82, 2.24) is 15.0 Å². The van der Waals surface area contributed by atoms with Gasteiger partial charge in [-0.05, 0) is 19.3 Å². The number of aromatic nitrogens is 2. The molecular formula is C13H19N3O4. The predicted molar refractivity (Wildman–Crippen MR) is 67.8 cm³/mol. The van der Waals surface area contributed by atoms with Crippen molar-refractivity contribution in [2.24, 2.45) is 0 Å². The Morgan fingerprint density at radius 2 is 2.35 bits per heavy atom. The molecule has 2 fully saturated rings. The molecule has 1 amide bonds. The van der Waals surface area contributed by atoms with E-state index in [-0.39, 0.29) is 18.1 Å². The Bertz CT molecular complexity index is 431. The summed E-state index contributed by atoms with van der Waals surface area (Å²) < 4.78 is 15.8. The molecule has 0 aliphatic carbocycles. The lowest BCUT2D eigenvalue weighted by Crippen LogP contribution is -2.42. The minimum Gasteiger partial charge on any atom is -0.378 e. The lowest BCUT2D eigenvalue weighted by atomic mass is 10.1. The molecule has 0 spiro atoms. The second kappa shape index (κ2) is 6.32. The van der Waals surface area contributed by atoms with Crippen molar-refractivity contribution in [1.29, 1.82) is 0 Å². The summed E-state index contributed by atoms with van der Waals surface area (Å²) in [5.41, 5.74) is 0. The van der Waals surface area contributed by atoms with Gasteiger partial charge in [-0.15, -0.1) is 0 Å². The zero-order chi connectivity index (χ0) is 13.8. The van der Waals surface area contributed by atoms with Crippen molar-refractivity contribution < 1.29 is 18.8 Å². The van der Waals surface area contributed by atoms with E-state index in [2.05, 4.69) is 10.1 Å². The number of carbonyl (C=O) groups excluding carboxylic acids is 1. The number of nitrogens with zero attached hydrogens (tertiary/aromatic N) is 3. The molecule has 3 rings (SSSR count). The first-order valence-electron chi connectivity index (χ1n) is 7.10. The summed E-state index contributed by atoms with van der Waals surface area (Å²) >= 11 is 0. The van der Waals surface area contributed by atoms with Crippen LogP contribution in [0.2, 0.25) is 0 Å². The summed E-state index contributed by atoms with van der Waals surface area (Å²) in [5, 5.41) is 3.77. The van der Waals surface area contributed by atoms with Gasteiger partial charge in [0, 0.05) is 19.6 Å². The van der Waals surface area contributed by atoms with Gasteiger partial charge < -0.3 is 18.9 Å². The molecule has 0 bridgehead atoms. The van der Waals surface area contributed by atoms with Crippen LogP contribution in [-0.2, 0) is 14.3 Å². The third-order valence-electron chi connectivity index (χ3n) is 3.79. The maximum absolute atomic E-state index is 12.2. The molecule has 1 aromatic heterocycles. The first-order valence-corrected chi connectivity index (χ1v) is 7.10. The molecular weight excluding hydrogens is 262 g/mol. The summed E-state index contributed by atoms with van der Waals surface area (Å²) in [5.74, 6) is 0.652. The summed E-state index contributed by atoms with van der Waals surface area (Å²) in [4.78, 5) is 18.0. The fourth-order valence-electron chi connectivity index (χ4n) is 2.67. The molecule has 110 valence electrons. The Labute approximate surface area is 117 Å². The fourth-order valence-corrected chi connectivity index (χ4v) is 2.67. The largest absolute Gasteiger partial charge is 0.378 e. The monoisotopic (exact) mass is 281 g/mol. The number of carbonyl (C=O) groups is 1. The topological polar surface area (TPSA) is 77.7 Å². The predicted octanol–water partition coefficient (Wildman–Crippen LogP) is 0.929. The quantitative estimate of drug-likeness (QED) is 0.817. The maximum Gasteiger partial charge on any atom is 0.222 e. The van der Waals surface area contributed by atoms with Gasteiger partial charge in [-0.1, -0.05) is 5.16 Å².